The Hall–Kier alpha value is -4.93. The molecule has 0 bridgehead atoms. The Labute approximate surface area is 250 Å². The Bertz CT molecular complexity index is 1720. The summed E-state index contributed by atoms with van der Waals surface area (Å²) >= 11 is 12.4. The molecule has 4 aromatic carbocycles. The number of hydrogen-bond donors (Lipinski definition) is 1. The van der Waals surface area contributed by atoms with Crippen LogP contribution in [0.15, 0.2) is 91.0 Å². The van der Waals surface area contributed by atoms with Gasteiger partial charge < -0.3 is 14.8 Å². The van der Waals surface area contributed by atoms with E-state index in [1.165, 1.54) is 24.3 Å². The number of benzene rings is 4. The molecule has 5 rings (SSSR count). The van der Waals surface area contributed by atoms with Gasteiger partial charge in [-0.1, -0.05) is 35.3 Å². The summed E-state index contributed by atoms with van der Waals surface area (Å²) in [5.41, 5.74) is 3.13. The number of carbonyl (C=O) groups is 1. The van der Waals surface area contributed by atoms with Gasteiger partial charge in [-0.05, 0) is 72.3 Å². The maximum Gasteiger partial charge on any atom is 0.336 e. The SMILES string of the molecule is COc1ccc(CCOc2nc(-c3ccc(Cl)c(Cl)c3)n(-c3ccc(NC(=O)c4ccc([N+](=O)[O-])cc4)cc3)n2)cc1. The van der Waals surface area contributed by atoms with Crippen molar-refractivity contribution in [2.75, 3.05) is 19.0 Å². The molecule has 12 heteroatoms. The number of nitro benzene ring substituents is 1. The van der Waals surface area contributed by atoms with Crippen molar-refractivity contribution < 1.29 is 19.2 Å². The van der Waals surface area contributed by atoms with Crippen molar-refractivity contribution in [2.45, 2.75) is 6.42 Å². The number of anilines is 1. The fourth-order valence-corrected chi connectivity index (χ4v) is 4.33. The normalized spacial score (nSPS) is 10.7. The summed E-state index contributed by atoms with van der Waals surface area (Å²) in [4.78, 5) is 27.6. The molecule has 1 amide bonds. The zero-order valence-corrected chi connectivity index (χ0v) is 23.7. The maximum absolute atomic E-state index is 12.6. The van der Waals surface area contributed by atoms with E-state index in [0.29, 0.717) is 51.4 Å². The number of nitrogens with one attached hydrogen (secondary N) is 1. The Morgan fingerprint density at radius 2 is 1.67 bits per heavy atom. The summed E-state index contributed by atoms with van der Waals surface area (Å²) in [6.07, 6.45) is 0.643. The topological polar surface area (TPSA) is 121 Å². The van der Waals surface area contributed by atoms with Crippen LogP contribution >= 0.6 is 23.2 Å². The number of nitrogens with zero attached hydrogens (tertiary/aromatic N) is 4. The molecule has 0 spiro atoms. The molecule has 1 aromatic heterocycles. The number of hydrogen-bond acceptors (Lipinski definition) is 7. The average molecular weight is 604 g/mol. The fourth-order valence-electron chi connectivity index (χ4n) is 4.03. The first kappa shape index (κ1) is 28.6. The largest absolute Gasteiger partial charge is 0.497 e. The summed E-state index contributed by atoms with van der Waals surface area (Å²) in [6.45, 7) is 0.352. The van der Waals surface area contributed by atoms with Gasteiger partial charge in [0.2, 0.25) is 0 Å². The van der Waals surface area contributed by atoms with Crippen LogP contribution < -0.4 is 14.8 Å². The number of methoxy groups -OCH3 is 1. The number of carbonyl (C=O) groups excluding carboxylic acids is 1. The van der Waals surface area contributed by atoms with Crippen LogP contribution in [0.25, 0.3) is 17.1 Å². The third-order valence-corrected chi connectivity index (χ3v) is 7.00. The molecule has 0 unspecified atom stereocenters. The summed E-state index contributed by atoms with van der Waals surface area (Å²) in [5, 5.41) is 19.0. The van der Waals surface area contributed by atoms with E-state index in [-0.39, 0.29) is 11.7 Å². The van der Waals surface area contributed by atoms with E-state index in [1.807, 2.05) is 24.3 Å². The van der Waals surface area contributed by atoms with Gasteiger partial charge in [0.15, 0.2) is 5.82 Å². The monoisotopic (exact) mass is 603 g/mol. The molecule has 212 valence electrons. The summed E-state index contributed by atoms with van der Waals surface area (Å²) in [6, 6.07) is 25.4. The standard InChI is InChI=1S/C30H23Cl2N5O5/c1-41-25-13-2-19(3-14-25)16-17-42-30-34-28(21-6-15-26(31)27(32)18-21)36(35-30)23-11-7-22(8-12-23)33-29(38)20-4-9-24(10-5-20)37(39)40/h2-15,18H,16-17H2,1H3,(H,33,38). The van der Waals surface area contributed by atoms with Gasteiger partial charge in [0.1, 0.15) is 5.75 Å². The zero-order valence-electron chi connectivity index (χ0n) is 22.2. The van der Waals surface area contributed by atoms with Gasteiger partial charge in [0.05, 0.1) is 34.4 Å². The van der Waals surface area contributed by atoms with Crippen LogP contribution in [0.1, 0.15) is 15.9 Å². The van der Waals surface area contributed by atoms with Gasteiger partial charge in [-0.2, -0.15) is 4.98 Å². The van der Waals surface area contributed by atoms with E-state index in [2.05, 4.69) is 15.4 Å². The minimum Gasteiger partial charge on any atom is -0.497 e. The van der Waals surface area contributed by atoms with Crippen LogP contribution in [-0.2, 0) is 6.42 Å². The van der Waals surface area contributed by atoms with Crippen LogP contribution in [0, 0.1) is 10.1 Å². The van der Waals surface area contributed by atoms with Gasteiger partial charge in [-0.25, -0.2) is 4.68 Å². The molecule has 1 heterocycles. The Kier molecular flexibility index (Phi) is 8.66. The van der Waals surface area contributed by atoms with Crippen LogP contribution in [0.4, 0.5) is 11.4 Å². The number of halogens is 2. The molecule has 0 aliphatic carbocycles. The van der Waals surface area contributed by atoms with Gasteiger partial charge in [0.25, 0.3) is 11.6 Å². The number of aromatic nitrogens is 3. The van der Waals surface area contributed by atoms with Crippen LogP contribution in [0.5, 0.6) is 11.8 Å². The summed E-state index contributed by atoms with van der Waals surface area (Å²) in [5.74, 6) is 0.862. The molecule has 1 N–H and O–H groups in total. The van der Waals surface area contributed by atoms with Crippen molar-refractivity contribution in [1.82, 2.24) is 14.8 Å². The Morgan fingerprint density at radius 1 is 0.952 bits per heavy atom. The number of rotatable bonds is 10. The van der Waals surface area contributed by atoms with Crippen molar-refractivity contribution in [1.29, 1.82) is 0 Å². The molecule has 10 nitrogen and oxygen atoms in total. The maximum atomic E-state index is 12.6. The van der Waals surface area contributed by atoms with E-state index in [4.69, 9.17) is 32.7 Å². The lowest BCUT2D eigenvalue weighted by Gasteiger charge is -2.09. The van der Waals surface area contributed by atoms with Crippen LogP contribution in [0.2, 0.25) is 10.0 Å². The molecule has 42 heavy (non-hydrogen) atoms. The van der Waals surface area contributed by atoms with Crippen molar-refractivity contribution in [3.63, 3.8) is 0 Å². The number of ether oxygens (including phenoxy) is 2. The number of nitro groups is 1. The molecule has 0 fully saturated rings. The highest BCUT2D eigenvalue weighted by Crippen LogP contribution is 2.30. The van der Waals surface area contributed by atoms with E-state index in [9.17, 15) is 14.9 Å². The lowest BCUT2D eigenvalue weighted by atomic mass is 10.1. The molecule has 0 aliphatic rings. The second kappa shape index (κ2) is 12.7. The first-order chi connectivity index (χ1) is 20.3. The smallest absolute Gasteiger partial charge is 0.336 e. The highest BCUT2D eigenvalue weighted by molar-refractivity contribution is 6.42. The number of non-ortho nitro benzene ring substituents is 1. The van der Waals surface area contributed by atoms with E-state index >= 15 is 0 Å². The van der Waals surface area contributed by atoms with E-state index in [1.54, 1.807) is 54.3 Å². The van der Waals surface area contributed by atoms with Crippen LogP contribution in [-0.4, -0.2) is 39.3 Å². The molecule has 5 aromatic rings. The molecule has 0 aliphatic heterocycles. The Morgan fingerprint density at radius 3 is 2.31 bits per heavy atom. The highest BCUT2D eigenvalue weighted by atomic mass is 35.5. The summed E-state index contributed by atoms with van der Waals surface area (Å²) < 4.78 is 12.7. The molecular weight excluding hydrogens is 581 g/mol. The van der Waals surface area contributed by atoms with Gasteiger partial charge in [-0.3, -0.25) is 14.9 Å². The highest BCUT2D eigenvalue weighted by Gasteiger charge is 2.17. The van der Waals surface area contributed by atoms with Crippen molar-refractivity contribution in [3.8, 4) is 28.8 Å². The first-order valence-electron chi connectivity index (χ1n) is 12.6. The van der Waals surface area contributed by atoms with Crippen molar-refractivity contribution in [3.05, 3.63) is 122 Å². The lowest BCUT2D eigenvalue weighted by Crippen LogP contribution is -2.12. The zero-order chi connectivity index (χ0) is 29.6. The second-order valence-electron chi connectivity index (χ2n) is 9.01. The lowest BCUT2D eigenvalue weighted by molar-refractivity contribution is -0.384. The van der Waals surface area contributed by atoms with Crippen molar-refractivity contribution in [2.24, 2.45) is 0 Å². The Balaban J connectivity index is 1.35. The minimum absolute atomic E-state index is 0.0920. The van der Waals surface area contributed by atoms with E-state index < -0.39 is 10.8 Å². The second-order valence-corrected chi connectivity index (χ2v) is 9.82. The molecule has 0 saturated carbocycles. The summed E-state index contributed by atoms with van der Waals surface area (Å²) in [7, 11) is 1.62. The van der Waals surface area contributed by atoms with Gasteiger partial charge in [-0.15, -0.1) is 5.10 Å². The van der Waals surface area contributed by atoms with Gasteiger partial charge in [0, 0.05) is 35.4 Å². The number of amides is 1. The van der Waals surface area contributed by atoms with Crippen LogP contribution in [0.3, 0.4) is 0 Å². The predicted octanol–water partition coefficient (Wildman–Crippen LogP) is 7.03. The third kappa shape index (κ3) is 6.68. The molecular formula is C30H23Cl2N5O5. The van der Waals surface area contributed by atoms with E-state index in [0.717, 1.165) is 11.3 Å². The molecule has 0 atom stereocenters. The fraction of sp³-hybridized carbons (Fsp3) is 0.100. The molecule has 0 saturated heterocycles. The predicted molar refractivity (Wildman–Crippen MR) is 160 cm³/mol. The quantitative estimate of drug-likeness (QED) is 0.134. The third-order valence-electron chi connectivity index (χ3n) is 6.26. The first-order valence-corrected chi connectivity index (χ1v) is 13.4. The van der Waals surface area contributed by atoms with Gasteiger partial charge >= 0.3 is 6.01 Å². The molecule has 0 radical (unpaired) electrons. The average Bonchev–Trinajstić information content (AvgIpc) is 3.43. The minimum atomic E-state index is -0.520. The van der Waals surface area contributed by atoms with Crippen molar-refractivity contribution >= 4 is 40.5 Å².